The van der Waals surface area contributed by atoms with Crippen molar-refractivity contribution in [1.82, 2.24) is 19.9 Å². The van der Waals surface area contributed by atoms with Crippen LogP contribution in [-0.2, 0) is 14.3 Å². The highest BCUT2D eigenvalue weighted by Crippen LogP contribution is 2.71. The summed E-state index contributed by atoms with van der Waals surface area (Å²) >= 11 is 8.49. The second kappa shape index (κ2) is 5.30. The molecule has 2 aromatic rings. The number of hydrogen-bond acceptors (Lipinski definition) is 5. The Morgan fingerprint density at radius 2 is 2.23 bits per heavy atom. The largest absolute Gasteiger partial charge is 0.359 e. The zero-order chi connectivity index (χ0) is 18.4. The minimum Gasteiger partial charge on any atom is -0.359 e. The van der Waals surface area contributed by atoms with Gasteiger partial charge in [-0.25, -0.2) is 9.97 Å². The minimum absolute atomic E-state index is 0.0197. The summed E-state index contributed by atoms with van der Waals surface area (Å²) in [6.07, 6.45) is 2.03. The van der Waals surface area contributed by atoms with Crippen molar-refractivity contribution >= 4 is 51.3 Å². The molecule has 0 bridgehead atoms. The van der Waals surface area contributed by atoms with Crippen LogP contribution in [0.1, 0.15) is 26.3 Å². The van der Waals surface area contributed by atoms with Crippen LogP contribution in [0.2, 0.25) is 5.02 Å². The number of aromatic nitrogens is 3. The van der Waals surface area contributed by atoms with Crippen molar-refractivity contribution in [3.8, 4) is 0 Å². The Kier molecular flexibility index (Phi) is 3.50. The molecule has 1 aliphatic heterocycles. The fourth-order valence-electron chi connectivity index (χ4n) is 4.86. The van der Waals surface area contributed by atoms with E-state index in [4.69, 9.17) is 21.1 Å². The van der Waals surface area contributed by atoms with Crippen molar-refractivity contribution in [2.45, 2.75) is 44.3 Å². The lowest BCUT2D eigenvalue weighted by molar-refractivity contribution is -0.164. The van der Waals surface area contributed by atoms with E-state index in [0.29, 0.717) is 10.5 Å². The molecule has 1 amide bonds. The van der Waals surface area contributed by atoms with Crippen LogP contribution in [-0.4, -0.2) is 45.5 Å². The van der Waals surface area contributed by atoms with Crippen molar-refractivity contribution in [2.75, 3.05) is 7.05 Å². The van der Waals surface area contributed by atoms with Gasteiger partial charge in [0.05, 0.1) is 22.8 Å². The third-order valence-corrected chi connectivity index (χ3v) is 6.71. The molecule has 0 spiro atoms. The molecule has 2 aromatic heterocycles. The maximum atomic E-state index is 12.7. The van der Waals surface area contributed by atoms with E-state index in [1.807, 2.05) is 18.4 Å². The number of ether oxygens (including phenoxy) is 2. The Morgan fingerprint density at radius 1 is 1.46 bits per heavy atom. The molecule has 3 fully saturated rings. The van der Waals surface area contributed by atoms with Gasteiger partial charge in [0.25, 0.3) is 0 Å². The first kappa shape index (κ1) is 17.2. The average molecular weight is 489 g/mol. The molecule has 26 heavy (non-hydrogen) atoms. The highest BCUT2D eigenvalue weighted by molar-refractivity contribution is 14.1. The molecule has 1 saturated heterocycles. The van der Waals surface area contributed by atoms with E-state index < -0.39 is 11.2 Å². The zero-order valence-electron chi connectivity index (χ0n) is 14.5. The van der Waals surface area contributed by atoms with Crippen molar-refractivity contribution in [3.63, 3.8) is 0 Å². The lowest BCUT2D eigenvalue weighted by atomic mass is 9.98. The molecule has 1 N–H and O–H groups in total. The summed E-state index contributed by atoms with van der Waals surface area (Å²) in [4.78, 5) is 21.8. The van der Waals surface area contributed by atoms with E-state index in [1.165, 1.54) is 0 Å². The maximum Gasteiger partial charge on any atom is 0.229 e. The number of nitrogens with one attached hydrogen (secondary N) is 1. The van der Waals surface area contributed by atoms with E-state index in [-0.39, 0.29) is 30.1 Å². The molecular formula is C17H18ClIN4O3. The molecule has 138 valence electrons. The van der Waals surface area contributed by atoms with Crippen LogP contribution in [0.25, 0.3) is 11.2 Å². The molecule has 5 atom stereocenters. The maximum absolute atomic E-state index is 12.7. The summed E-state index contributed by atoms with van der Waals surface area (Å²) < 4.78 is 15.2. The number of pyridine rings is 1. The fourth-order valence-corrected chi connectivity index (χ4v) is 5.82. The van der Waals surface area contributed by atoms with Crippen LogP contribution in [0.15, 0.2) is 12.4 Å². The SMILES string of the molecule is CNC(=O)C12CC1[C@@H](n1cnc3c(Cl)cc(I)nc31)[C@@H]1OC(C)(C)O[C@@H]12. The molecular weight excluding hydrogens is 471 g/mol. The van der Waals surface area contributed by atoms with E-state index in [1.54, 1.807) is 19.4 Å². The summed E-state index contributed by atoms with van der Waals surface area (Å²) in [6, 6.07) is 1.73. The van der Waals surface area contributed by atoms with Gasteiger partial charge in [-0.1, -0.05) is 11.6 Å². The van der Waals surface area contributed by atoms with Gasteiger partial charge in [-0.3, -0.25) is 4.79 Å². The van der Waals surface area contributed by atoms with Gasteiger partial charge >= 0.3 is 0 Å². The van der Waals surface area contributed by atoms with Crippen molar-refractivity contribution in [2.24, 2.45) is 11.3 Å². The Morgan fingerprint density at radius 3 is 2.96 bits per heavy atom. The van der Waals surface area contributed by atoms with Crippen LogP contribution >= 0.6 is 34.2 Å². The first-order valence-electron chi connectivity index (χ1n) is 8.55. The van der Waals surface area contributed by atoms with Crippen molar-refractivity contribution < 1.29 is 14.3 Å². The number of rotatable bonds is 2. The standard InChI is InChI=1S/C17H18ClIN4O3/c1-16(2)25-12-11(7-5-17(7,13(12)26-16)15(24)20-3)23-6-21-10-8(18)4-9(19)22-14(10)23/h4,6-7,11-13H,5H2,1-3H3,(H,20,24)/t7?,11-,12+,13+,17?/m1/s1. The highest BCUT2D eigenvalue weighted by Gasteiger charge is 2.79. The second-order valence-electron chi connectivity index (χ2n) is 7.69. The van der Waals surface area contributed by atoms with E-state index in [2.05, 4.69) is 37.9 Å². The van der Waals surface area contributed by atoms with Crippen LogP contribution in [0.4, 0.5) is 0 Å². The van der Waals surface area contributed by atoms with Gasteiger partial charge in [-0.15, -0.1) is 0 Å². The molecule has 2 aliphatic carbocycles. The third-order valence-electron chi connectivity index (χ3n) is 5.87. The lowest BCUT2D eigenvalue weighted by Crippen LogP contribution is -2.40. The van der Waals surface area contributed by atoms with E-state index in [9.17, 15) is 4.79 Å². The van der Waals surface area contributed by atoms with Gasteiger partial charge < -0.3 is 19.4 Å². The summed E-state index contributed by atoms with van der Waals surface area (Å²) in [6.45, 7) is 3.78. The van der Waals surface area contributed by atoms with E-state index >= 15 is 0 Å². The molecule has 7 nitrogen and oxygen atoms in total. The van der Waals surface area contributed by atoms with Gasteiger partial charge in [-0.05, 0) is 48.9 Å². The predicted octanol–water partition coefficient (Wildman–Crippen LogP) is 2.52. The normalized spacial score (nSPS) is 36.8. The van der Waals surface area contributed by atoms with Crippen LogP contribution < -0.4 is 5.32 Å². The first-order chi connectivity index (χ1) is 12.3. The molecule has 2 saturated carbocycles. The Balaban J connectivity index is 1.65. The molecule has 3 heterocycles. The summed E-state index contributed by atoms with van der Waals surface area (Å²) in [5.74, 6) is -0.575. The number of carbonyl (C=O) groups is 1. The Bertz CT molecular complexity index is 947. The number of amides is 1. The summed E-state index contributed by atoms with van der Waals surface area (Å²) in [5, 5.41) is 3.39. The summed E-state index contributed by atoms with van der Waals surface area (Å²) in [5.41, 5.74) is 0.846. The molecule has 2 unspecified atom stereocenters. The number of carbonyl (C=O) groups excluding carboxylic acids is 1. The smallest absolute Gasteiger partial charge is 0.229 e. The summed E-state index contributed by atoms with van der Waals surface area (Å²) in [7, 11) is 1.67. The number of halogens is 2. The Labute approximate surface area is 168 Å². The zero-order valence-corrected chi connectivity index (χ0v) is 17.4. The molecule has 9 heteroatoms. The fraction of sp³-hybridized carbons (Fsp3) is 0.588. The molecule has 3 aliphatic rings. The van der Waals surface area contributed by atoms with Crippen LogP contribution in [0, 0.1) is 15.0 Å². The molecule has 5 rings (SSSR count). The molecule has 0 radical (unpaired) electrons. The first-order valence-corrected chi connectivity index (χ1v) is 10.0. The van der Waals surface area contributed by atoms with Crippen molar-refractivity contribution in [1.29, 1.82) is 0 Å². The van der Waals surface area contributed by atoms with Gasteiger partial charge in [0.1, 0.15) is 21.4 Å². The highest BCUT2D eigenvalue weighted by atomic mass is 127. The van der Waals surface area contributed by atoms with Crippen LogP contribution in [0.5, 0.6) is 0 Å². The van der Waals surface area contributed by atoms with Crippen LogP contribution in [0.3, 0.4) is 0 Å². The number of fused-ring (bicyclic) bond motifs is 4. The Hall–Kier alpha value is -0.970. The third kappa shape index (κ3) is 2.10. The predicted molar refractivity (Wildman–Crippen MR) is 103 cm³/mol. The quantitative estimate of drug-likeness (QED) is 0.519. The van der Waals surface area contributed by atoms with Gasteiger partial charge in [0, 0.05) is 13.0 Å². The monoisotopic (exact) mass is 488 g/mol. The number of imidazole rings is 1. The van der Waals surface area contributed by atoms with Gasteiger partial charge in [0.2, 0.25) is 5.91 Å². The number of nitrogens with zero attached hydrogens (tertiary/aromatic N) is 3. The second-order valence-corrected chi connectivity index (χ2v) is 9.20. The number of hydrogen-bond donors (Lipinski definition) is 1. The molecule has 0 aromatic carbocycles. The van der Waals surface area contributed by atoms with Gasteiger partial charge in [0.15, 0.2) is 11.4 Å². The van der Waals surface area contributed by atoms with Gasteiger partial charge in [-0.2, -0.15) is 0 Å². The minimum atomic E-state index is -0.724. The van der Waals surface area contributed by atoms with E-state index in [0.717, 1.165) is 15.8 Å². The van der Waals surface area contributed by atoms with Crippen molar-refractivity contribution in [3.05, 3.63) is 21.1 Å². The lowest BCUT2D eigenvalue weighted by Gasteiger charge is -2.24. The average Bonchev–Trinajstić information content (AvgIpc) is 2.88. The topological polar surface area (TPSA) is 78.3 Å².